The molecule has 0 spiro atoms. The molecule has 0 amide bonds. The van der Waals surface area contributed by atoms with E-state index < -0.39 is 52.0 Å². The maximum absolute atomic E-state index is 15.4. The van der Waals surface area contributed by atoms with Gasteiger partial charge in [-0.05, 0) is 72.5 Å². The minimum atomic E-state index is -5.72. The second kappa shape index (κ2) is 9.59. The van der Waals surface area contributed by atoms with E-state index in [1.54, 1.807) is 0 Å². The van der Waals surface area contributed by atoms with Gasteiger partial charge >= 0.3 is 29.7 Å². The van der Waals surface area contributed by atoms with Crippen LogP contribution in [0.25, 0.3) is 32.0 Å². The Hall–Kier alpha value is -3.90. The van der Waals surface area contributed by atoms with Crippen LogP contribution < -0.4 is 0 Å². The highest BCUT2D eigenvalue weighted by Crippen LogP contribution is 2.66. The first-order valence-corrected chi connectivity index (χ1v) is 13.5. The number of carboxylic acids is 2. The number of thiophene rings is 2. The summed E-state index contributed by atoms with van der Waals surface area (Å²) in [6.07, 6.45) is 0. The van der Waals surface area contributed by atoms with E-state index in [2.05, 4.69) is 0 Å². The summed E-state index contributed by atoms with van der Waals surface area (Å²) in [4.78, 5) is 23.1. The van der Waals surface area contributed by atoms with Crippen molar-refractivity contribution in [2.75, 3.05) is 0 Å². The minimum absolute atomic E-state index is 0.0322. The molecule has 12 heteroatoms. The molecule has 5 rings (SSSR count). The van der Waals surface area contributed by atoms with Crippen molar-refractivity contribution in [1.29, 1.82) is 0 Å². The van der Waals surface area contributed by atoms with Gasteiger partial charge in [-0.1, -0.05) is 24.3 Å². The molecule has 0 atom stereocenters. The zero-order valence-electron chi connectivity index (χ0n) is 21.1. The zero-order valence-corrected chi connectivity index (χ0v) is 22.7. The molecule has 1 aliphatic rings. The van der Waals surface area contributed by atoms with Crippen LogP contribution in [-0.4, -0.2) is 39.9 Å². The second-order valence-electron chi connectivity index (χ2n) is 9.40. The fraction of sp³-hybridized carbons (Fsp3) is 0.172. The molecule has 2 aromatic carbocycles. The van der Waals surface area contributed by atoms with Crippen LogP contribution in [0.3, 0.4) is 0 Å². The second-order valence-corrected chi connectivity index (χ2v) is 11.9. The molecule has 4 nitrogen and oxygen atoms in total. The highest BCUT2D eigenvalue weighted by molar-refractivity contribution is 7.16. The Bertz CT molecular complexity index is 1610. The van der Waals surface area contributed by atoms with Crippen molar-refractivity contribution in [3.05, 3.63) is 92.7 Å². The lowest BCUT2D eigenvalue weighted by molar-refractivity contribution is -0.254. The monoisotopic (exact) mass is 608 g/mol. The normalized spacial score (nSPS) is 17.2. The highest BCUT2D eigenvalue weighted by Gasteiger charge is 2.80. The smallest absolute Gasteiger partial charge is 0.380 e. The minimum Gasteiger partial charge on any atom is -0.478 e. The van der Waals surface area contributed by atoms with E-state index in [0.29, 0.717) is 20.9 Å². The quantitative estimate of drug-likeness (QED) is 0.214. The fourth-order valence-electron chi connectivity index (χ4n) is 4.73. The third kappa shape index (κ3) is 4.36. The zero-order chi connectivity index (χ0) is 30.1. The Morgan fingerprint density at radius 1 is 0.610 bits per heavy atom. The third-order valence-electron chi connectivity index (χ3n) is 6.87. The molecule has 0 fully saturated rings. The van der Waals surface area contributed by atoms with Crippen LogP contribution in [0.2, 0.25) is 0 Å². The van der Waals surface area contributed by atoms with Gasteiger partial charge in [0, 0.05) is 30.7 Å². The van der Waals surface area contributed by atoms with E-state index >= 15 is 17.6 Å². The first-order valence-electron chi connectivity index (χ1n) is 11.9. The van der Waals surface area contributed by atoms with Gasteiger partial charge in [-0.25, -0.2) is 9.59 Å². The maximum atomic E-state index is 15.4. The average Bonchev–Trinajstić information content (AvgIpc) is 3.51. The Morgan fingerprint density at radius 2 is 0.927 bits per heavy atom. The molecule has 0 saturated carbocycles. The summed E-state index contributed by atoms with van der Waals surface area (Å²) in [6, 6.07) is 13.1. The van der Waals surface area contributed by atoms with Crippen LogP contribution in [0.1, 0.15) is 41.6 Å². The van der Waals surface area contributed by atoms with Crippen molar-refractivity contribution in [3.8, 4) is 20.9 Å². The summed E-state index contributed by atoms with van der Waals surface area (Å²) in [5.74, 6) is -18.5. The predicted molar refractivity (Wildman–Crippen MR) is 145 cm³/mol. The molecule has 0 aliphatic heterocycles. The summed E-state index contributed by atoms with van der Waals surface area (Å²) in [5.41, 5.74) is -3.12. The molecule has 0 bridgehead atoms. The van der Waals surface area contributed by atoms with Crippen LogP contribution in [0.15, 0.2) is 60.7 Å². The Morgan fingerprint density at radius 3 is 1.22 bits per heavy atom. The summed E-state index contributed by atoms with van der Waals surface area (Å²) in [5, 5.41) is 18.2. The topological polar surface area (TPSA) is 74.6 Å². The average molecular weight is 609 g/mol. The van der Waals surface area contributed by atoms with Crippen molar-refractivity contribution >= 4 is 45.8 Å². The largest absolute Gasteiger partial charge is 0.478 e. The van der Waals surface area contributed by atoms with Crippen LogP contribution >= 0.6 is 22.7 Å². The van der Waals surface area contributed by atoms with E-state index in [1.165, 1.54) is 62.4 Å². The number of halogens is 6. The van der Waals surface area contributed by atoms with Crippen molar-refractivity contribution in [3.63, 3.8) is 0 Å². The molecule has 2 heterocycles. The SMILES string of the molecule is Cc1sc(-c2ccc(C(=O)O)cc2)cc1C1=C(c2cc(-c3ccc(C(=O)O)cc3)sc2C)C(F)(F)C(F)(F)C1(F)F. The van der Waals surface area contributed by atoms with Gasteiger partial charge in [-0.3, -0.25) is 0 Å². The van der Waals surface area contributed by atoms with Gasteiger partial charge < -0.3 is 10.2 Å². The third-order valence-corrected chi connectivity index (χ3v) is 9.07. The van der Waals surface area contributed by atoms with Gasteiger partial charge in [0.05, 0.1) is 11.1 Å². The van der Waals surface area contributed by atoms with Crippen molar-refractivity contribution in [2.24, 2.45) is 0 Å². The van der Waals surface area contributed by atoms with Crippen LogP contribution in [-0.2, 0) is 0 Å². The van der Waals surface area contributed by atoms with E-state index in [-0.39, 0.29) is 20.9 Å². The lowest BCUT2D eigenvalue weighted by atomic mass is 9.94. The predicted octanol–water partition coefficient (Wildman–Crippen LogP) is 8.99. The lowest BCUT2D eigenvalue weighted by Gasteiger charge is -2.25. The molecular formula is C29H18F6O4S2. The van der Waals surface area contributed by atoms with Gasteiger partial charge in [-0.2, -0.15) is 26.3 Å². The number of carbonyl (C=O) groups is 2. The van der Waals surface area contributed by atoms with E-state index in [4.69, 9.17) is 10.2 Å². The molecule has 4 aromatic rings. The number of carboxylic acid groups (broad SMARTS) is 2. The number of aromatic carboxylic acids is 2. The van der Waals surface area contributed by atoms with Crippen molar-refractivity contribution in [2.45, 2.75) is 31.6 Å². The van der Waals surface area contributed by atoms with Gasteiger partial charge in [0.25, 0.3) is 0 Å². The molecular weight excluding hydrogens is 590 g/mol. The number of benzene rings is 2. The summed E-state index contributed by atoms with van der Waals surface area (Å²) in [7, 11) is 0. The van der Waals surface area contributed by atoms with Gasteiger partial charge in [0.15, 0.2) is 0 Å². The molecule has 2 N–H and O–H groups in total. The van der Waals surface area contributed by atoms with E-state index in [1.807, 2.05) is 0 Å². The lowest BCUT2D eigenvalue weighted by Crippen LogP contribution is -2.48. The fourth-order valence-corrected chi connectivity index (χ4v) is 6.80. The molecule has 1 aliphatic carbocycles. The molecule has 0 unspecified atom stereocenters. The number of rotatable bonds is 6. The van der Waals surface area contributed by atoms with Crippen molar-refractivity contribution in [1.82, 2.24) is 0 Å². The van der Waals surface area contributed by atoms with Gasteiger partial charge in [-0.15, -0.1) is 22.7 Å². The number of hydrogen-bond acceptors (Lipinski definition) is 4. The van der Waals surface area contributed by atoms with Crippen LogP contribution in [0, 0.1) is 13.8 Å². The molecule has 0 radical (unpaired) electrons. The Balaban J connectivity index is 1.70. The molecule has 0 saturated heterocycles. The summed E-state index contributed by atoms with van der Waals surface area (Å²) in [6.45, 7) is 2.72. The highest BCUT2D eigenvalue weighted by atomic mass is 32.1. The number of aryl methyl sites for hydroxylation is 2. The molecule has 2 aromatic heterocycles. The van der Waals surface area contributed by atoms with Gasteiger partial charge in [0.1, 0.15) is 0 Å². The molecule has 41 heavy (non-hydrogen) atoms. The van der Waals surface area contributed by atoms with E-state index in [0.717, 1.165) is 34.8 Å². The van der Waals surface area contributed by atoms with Crippen LogP contribution in [0.4, 0.5) is 26.3 Å². The Kier molecular flexibility index (Phi) is 6.69. The number of hydrogen-bond donors (Lipinski definition) is 2. The molecule has 212 valence electrons. The summed E-state index contributed by atoms with van der Waals surface area (Å²) >= 11 is 1.85. The maximum Gasteiger partial charge on any atom is 0.380 e. The number of alkyl halides is 6. The van der Waals surface area contributed by atoms with Gasteiger partial charge in [0.2, 0.25) is 0 Å². The first kappa shape index (κ1) is 28.6. The standard InChI is InChI=1S/C29H18F6O4S2/c1-13-19(11-21(40-13)15-3-7-17(8-4-15)25(36)37)23-24(28(32,33)29(34,35)27(23,30)31)20-12-22(41-14(20)2)16-5-9-18(10-6-16)26(38)39/h3-12H,1-2H3,(H,36,37)(H,38,39). The Labute approximate surface area is 236 Å². The van der Waals surface area contributed by atoms with E-state index in [9.17, 15) is 18.4 Å². The number of allylic oxidation sites excluding steroid dienone is 2. The van der Waals surface area contributed by atoms with Crippen molar-refractivity contribution < 1.29 is 46.1 Å². The summed E-state index contributed by atoms with van der Waals surface area (Å²) < 4.78 is 91.4. The first-order chi connectivity index (χ1) is 19.1. The van der Waals surface area contributed by atoms with Crippen LogP contribution in [0.5, 0.6) is 0 Å².